The summed E-state index contributed by atoms with van der Waals surface area (Å²) in [6, 6.07) is 6.91. The van der Waals surface area contributed by atoms with Crippen molar-refractivity contribution in [3.05, 3.63) is 18.2 Å². The highest BCUT2D eigenvalue weighted by atomic mass is 16.5. The molecule has 1 aromatic rings. The number of nitrogens with one attached hydrogen (secondary N) is 1. The Balaban J connectivity index is 1.71. The zero-order valence-corrected chi connectivity index (χ0v) is 9.82. The van der Waals surface area contributed by atoms with Crippen LogP contribution in [0.4, 0.5) is 5.69 Å². The van der Waals surface area contributed by atoms with Gasteiger partial charge in [0.2, 0.25) is 0 Å². The van der Waals surface area contributed by atoms with Crippen molar-refractivity contribution < 1.29 is 9.47 Å². The molecule has 0 saturated heterocycles. The minimum Gasteiger partial charge on any atom is -0.490 e. The Kier molecular flexibility index (Phi) is 2.81. The standard InChI is InChI=1S/C13H18N2O2/c14-9-6-11(7-9)15-10-2-3-12-13(8-10)17-5-1-4-16-12/h2-3,8-9,11,15H,1,4-7,14H2. The third-order valence-corrected chi connectivity index (χ3v) is 3.29. The van der Waals surface area contributed by atoms with Gasteiger partial charge in [-0.1, -0.05) is 0 Å². The molecule has 1 aliphatic heterocycles. The van der Waals surface area contributed by atoms with Gasteiger partial charge in [-0.3, -0.25) is 0 Å². The van der Waals surface area contributed by atoms with Gasteiger partial charge >= 0.3 is 0 Å². The number of hydrogen-bond acceptors (Lipinski definition) is 4. The van der Waals surface area contributed by atoms with Crippen molar-refractivity contribution in [2.75, 3.05) is 18.5 Å². The summed E-state index contributed by atoms with van der Waals surface area (Å²) < 4.78 is 11.2. The highest BCUT2D eigenvalue weighted by Crippen LogP contribution is 2.33. The van der Waals surface area contributed by atoms with Gasteiger partial charge in [-0.25, -0.2) is 0 Å². The molecule has 3 rings (SSSR count). The minimum absolute atomic E-state index is 0.368. The molecular weight excluding hydrogens is 216 g/mol. The normalized spacial score (nSPS) is 26.9. The van der Waals surface area contributed by atoms with E-state index in [1.807, 2.05) is 18.2 Å². The molecule has 1 heterocycles. The molecule has 17 heavy (non-hydrogen) atoms. The van der Waals surface area contributed by atoms with Crippen LogP contribution in [0.25, 0.3) is 0 Å². The minimum atomic E-state index is 0.368. The summed E-state index contributed by atoms with van der Waals surface area (Å²) in [5.74, 6) is 1.69. The number of benzene rings is 1. The number of anilines is 1. The predicted molar refractivity (Wildman–Crippen MR) is 66.7 cm³/mol. The van der Waals surface area contributed by atoms with E-state index < -0.39 is 0 Å². The van der Waals surface area contributed by atoms with E-state index in [-0.39, 0.29) is 0 Å². The van der Waals surface area contributed by atoms with Crippen LogP contribution in [0.1, 0.15) is 19.3 Å². The average molecular weight is 234 g/mol. The Labute approximate surface area is 101 Å². The quantitative estimate of drug-likeness (QED) is 0.818. The van der Waals surface area contributed by atoms with Crippen LogP contribution in [0.3, 0.4) is 0 Å². The summed E-state index contributed by atoms with van der Waals surface area (Å²) >= 11 is 0. The molecular formula is C13H18N2O2. The van der Waals surface area contributed by atoms with E-state index in [0.717, 1.165) is 49.7 Å². The summed E-state index contributed by atoms with van der Waals surface area (Å²) in [4.78, 5) is 0. The van der Waals surface area contributed by atoms with E-state index in [1.54, 1.807) is 0 Å². The second kappa shape index (κ2) is 4.45. The van der Waals surface area contributed by atoms with Crippen molar-refractivity contribution in [2.45, 2.75) is 31.3 Å². The Morgan fingerprint density at radius 3 is 2.65 bits per heavy atom. The van der Waals surface area contributed by atoms with Crippen LogP contribution in [0.5, 0.6) is 11.5 Å². The lowest BCUT2D eigenvalue weighted by Crippen LogP contribution is -2.44. The molecule has 0 spiro atoms. The summed E-state index contributed by atoms with van der Waals surface area (Å²) in [6.45, 7) is 1.46. The maximum atomic E-state index is 5.77. The highest BCUT2D eigenvalue weighted by Gasteiger charge is 2.25. The predicted octanol–water partition coefficient (Wildman–Crippen LogP) is 1.75. The van der Waals surface area contributed by atoms with E-state index in [4.69, 9.17) is 15.2 Å². The van der Waals surface area contributed by atoms with Crippen LogP contribution in [-0.2, 0) is 0 Å². The fraction of sp³-hybridized carbons (Fsp3) is 0.538. The Hall–Kier alpha value is -1.42. The zero-order chi connectivity index (χ0) is 11.7. The van der Waals surface area contributed by atoms with Crippen molar-refractivity contribution >= 4 is 5.69 Å². The summed E-state index contributed by atoms with van der Waals surface area (Å²) in [6.07, 6.45) is 3.04. The first-order valence-corrected chi connectivity index (χ1v) is 6.23. The van der Waals surface area contributed by atoms with Gasteiger partial charge in [-0.2, -0.15) is 0 Å². The van der Waals surface area contributed by atoms with E-state index in [2.05, 4.69) is 5.32 Å². The average Bonchev–Trinajstić information content (AvgIpc) is 2.51. The molecule has 2 aliphatic rings. The number of rotatable bonds is 2. The van der Waals surface area contributed by atoms with Crippen molar-refractivity contribution in [3.63, 3.8) is 0 Å². The Morgan fingerprint density at radius 2 is 1.88 bits per heavy atom. The molecule has 1 fully saturated rings. The molecule has 0 atom stereocenters. The van der Waals surface area contributed by atoms with Crippen molar-refractivity contribution in [1.29, 1.82) is 0 Å². The second-order valence-electron chi connectivity index (χ2n) is 4.78. The van der Waals surface area contributed by atoms with Crippen LogP contribution >= 0.6 is 0 Å². The van der Waals surface area contributed by atoms with Gasteiger partial charge in [-0.05, 0) is 25.0 Å². The molecule has 1 saturated carbocycles. The van der Waals surface area contributed by atoms with Crippen molar-refractivity contribution in [3.8, 4) is 11.5 Å². The van der Waals surface area contributed by atoms with E-state index >= 15 is 0 Å². The van der Waals surface area contributed by atoms with Crippen LogP contribution in [0.2, 0.25) is 0 Å². The first-order chi connectivity index (χ1) is 8.31. The Bertz CT molecular complexity index is 402. The number of ether oxygens (including phenoxy) is 2. The van der Waals surface area contributed by atoms with Gasteiger partial charge in [0, 0.05) is 30.3 Å². The highest BCUT2D eigenvalue weighted by molar-refractivity contribution is 5.55. The molecule has 1 aromatic carbocycles. The van der Waals surface area contributed by atoms with E-state index in [0.29, 0.717) is 12.1 Å². The first kappa shape index (κ1) is 10.7. The third kappa shape index (κ3) is 2.31. The molecule has 0 bridgehead atoms. The lowest BCUT2D eigenvalue weighted by atomic mass is 9.87. The van der Waals surface area contributed by atoms with Crippen LogP contribution in [0, 0.1) is 0 Å². The van der Waals surface area contributed by atoms with Crippen LogP contribution in [-0.4, -0.2) is 25.3 Å². The molecule has 92 valence electrons. The van der Waals surface area contributed by atoms with E-state index in [9.17, 15) is 0 Å². The van der Waals surface area contributed by atoms with Crippen molar-refractivity contribution in [2.24, 2.45) is 5.73 Å². The molecule has 0 radical (unpaired) electrons. The molecule has 4 nitrogen and oxygen atoms in total. The summed E-state index contributed by atoms with van der Waals surface area (Å²) in [5, 5.41) is 3.46. The van der Waals surface area contributed by atoms with Gasteiger partial charge in [0.25, 0.3) is 0 Å². The first-order valence-electron chi connectivity index (χ1n) is 6.23. The third-order valence-electron chi connectivity index (χ3n) is 3.29. The second-order valence-corrected chi connectivity index (χ2v) is 4.78. The Morgan fingerprint density at radius 1 is 1.12 bits per heavy atom. The SMILES string of the molecule is NC1CC(Nc2ccc3c(c2)OCCCO3)C1. The molecule has 4 heteroatoms. The maximum absolute atomic E-state index is 5.77. The summed E-state index contributed by atoms with van der Waals surface area (Å²) in [5.41, 5.74) is 6.86. The van der Waals surface area contributed by atoms with E-state index in [1.165, 1.54) is 0 Å². The topological polar surface area (TPSA) is 56.5 Å². The summed E-state index contributed by atoms with van der Waals surface area (Å²) in [7, 11) is 0. The van der Waals surface area contributed by atoms with Gasteiger partial charge in [0.1, 0.15) is 0 Å². The fourth-order valence-electron chi connectivity index (χ4n) is 2.27. The number of nitrogens with two attached hydrogens (primary N) is 1. The van der Waals surface area contributed by atoms with Crippen LogP contribution < -0.4 is 20.5 Å². The smallest absolute Gasteiger partial charge is 0.163 e. The van der Waals surface area contributed by atoms with Gasteiger partial charge < -0.3 is 20.5 Å². The number of fused-ring (bicyclic) bond motifs is 1. The van der Waals surface area contributed by atoms with Gasteiger partial charge in [0.05, 0.1) is 13.2 Å². The molecule has 0 aromatic heterocycles. The molecule has 0 amide bonds. The molecule has 1 aliphatic carbocycles. The molecule has 0 unspecified atom stereocenters. The lowest BCUT2D eigenvalue weighted by Gasteiger charge is -2.33. The van der Waals surface area contributed by atoms with Gasteiger partial charge in [0.15, 0.2) is 11.5 Å². The number of hydrogen-bond donors (Lipinski definition) is 2. The van der Waals surface area contributed by atoms with Crippen molar-refractivity contribution in [1.82, 2.24) is 0 Å². The lowest BCUT2D eigenvalue weighted by molar-refractivity contribution is 0.297. The fourth-order valence-corrected chi connectivity index (χ4v) is 2.27. The van der Waals surface area contributed by atoms with Gasteiger partial charge in [-0.15, -0.1) is 0 Å². The van der Waals surface area contributed by atoms with Crippen LogP contribution in [0.15, 0.2) is 18.2 Å². The largest absolute Gasteiger partial charge is 0.490 e. The monoisotopic (exact) mass is 234 g/mol. The zero-order valence-electron chi connectivity index (χ0n) is 9.82. The maximum Gasteiger partial charge on any atom is 0.163 e. The molecule has 3 N–H and O–H groups in total.